The number of benzene rings is 2. The standard InChI is InChI=1S/C26H34N2O3/c1-4-24(26(30)27-22-10-5-6-11-22)28(18-20-12-14-23(31-3)15-13-20)25(29)17-21-9-7-8-19(2)16-21/h7-9,12-16,22,24H,4-6,10-11,17-18H2,1-3H3,(H,27,30)/t24-/m1/s1. The summed E-state index contributed by atoms with van der Waals surface area (Å²) < 4.78 is 5.25. The van der Waals surface area contributed by atoms with Crippen molar-refractivity contribution in [1.82, 2.24) is 10.2 Å². The quantitative estimate of drug-likeness (QED) is 0.651. The fraction of sp³-hybridized carbons (Fsp3) is 0.462. The second kappa shape index (κ2) is 11.0. The van der Waals surface area contributed by atoms with Gasteiger partial charge in [0, 0.05) is 12.6 Å². The van der Waals surface area contributed by atoms with Crippen LogP contribution in [0.1, 0.15) is 55.7 Å². The van der Waals surface area contributed by atoms with Gasteiger partial charge in [-0.05, 0) is 49.4 Å². The zero-order chi connectivity index (χ0) is 22.2. The number of carbonyl (C=O) groups is 2. The summed E-state index contributed by atoms with van der Waals surface area (Å²) in [6.45, 7) is 4.39. The summed E-state index contributed by atoms with van der Waals surface area (Å²) in [5, 5.41) is 3.19. The monoisotopic (exact) mass is 422 g/mol. The number of hydrogen-bond acceptors (Lipinski definition) is 3. The smallest absolute Gasteiger partial charge is 0.243 e. The van der Waals surface area contributed by atoms with E-state index < -0.39 is 6.04 Å². The summed E-state index contributed by atoms with van der Waals surface area (Å²) in [7, 11) is 1.63. The molecule has 5 nitrogen and oxygen atoms in total. The fourth-order valence-electron chi connectivity index (χ4n) is 4.31. The molecule has 1 aliphatic rings. The van der Waals surface area contributed by atoms with Gasteiger partial charge in [0.1, 0.15) is 11.8 Å². The Kier molecular flexibility index (Phi) is 8.10. The Labute approximate surface area is 185 Å². The topological polar surface area (TPSA) is 58.6 Å². The van der Waals surface area contributed by atoms with Crippen LogP contribution in [0.15, 0.2) is 48.5 Å². The van der Waals surface area contributed by atoms with Gasteiger partial charge in [-0.2, -0.15) is 0 Å². The number of hydrogen-bond donors (Lipinski definition) is 1. The van der Waals surface area contributed by atoms with E-state index in [1.54, 1.807) is 12.0 Å². The molecule has 5 heteroatoms. The number of methoxy groups -OCH3 is 1. The van der Waals surface area contributed by atoms with Crippen LogP contribution in [0, 0.1) is 6.92 Å². The summed E-state index contributed by atoms with van der Waals surface area (Å²) >= 11 is 0. The SMILES string of the molecule is CC[C@H](C(=O)NC1CCCC1)N(Cc1ccc(OC)cc1)C(=O)Cc1cccc(C)c1. The highest BCUT2D eigenvalue weighted by Gasteiger charge is 2.30. The summed E-state index contributed by atoms with van der Waals surface area (Å²) in [5.74, 6) is 0.697. The van der Waals surface area contributed by atoms with E-state index in [4.69, 9.17) is 4.74 Å². The third kappa shape index (κ3) is 6.33. The molecule has 166 valence electrons. The molecule has 0 saturated heterocycles. The van der Waals surface area contributed by atoms with Gasteiger partial charge in [0.15, 0.2) is 0 Å². The molecule has 0 aliphatic heterocycles. The Morgan fingerprint density at radius 2 is 1.81 bits per heavy atom. The zero-order valence-electron chi connectivity index (χ0n) is 18.9. The van der Waals surface area contributed by atoms with Gasteiger partial charge >= 0.3 is 0 Å². The summed E-state index contributed by atoms with van der Waals surface area (Å²) in [5.41, 5.74) is 3.07. The van der Waals surface area contributed by atoms with Crippen LogP contribution in [0.4, 0.5) is 0 Å². The highest BCUT2D eigenvalue weighted by atomic mass is 16.5. The van der Waals surface area contributed by atoms with E-state index >= 15 is 0 Å². The molecule has 0 heterocycles. The molecule has 1 aliphatic carbocycles. The van der Waals surface area contributed by atoms with Gasteiger partial charge in [-0.15, -0.1) is 0 Å². The highest BCUT2D eigenvalue weighted by Crippen LogP contribution is 2.20. The summed E-state index contributed by atoms with van der Waals surface area (Å²) in [6, 6.07) is 15.4. The van der Waals surface area contributed by atoms with Crippen LogP contribution in [-0.4, -0.2) is 35.9 Å². The van der Waals surface area contributed by atoms with Crippen LogP contribution in [-0.2, 0) is 22.6 Å². The predicted octanol–water partition coefficient (Wildman–Crippen LogP) is 4.41. The second-order valence-corrected chi connectivity index (χ2v) is 8.45. The van der Waals surface area contributed by atoms with Gasteiger partial charge in [-0.25, -0.2) is 0 Å². The van der Waals surface area contributed by atoms with Crippen LogP contribution >= 0.6 is 0 Å². The molecule has 1 saturated carbocycles. The van der Waals surface area contributed by atoms with Crippen LogP contribution in [0.25, 0.3) is 0 Å². The van der Waals surface area contributed by atoms with Crippen LogP contribution in [0.3, 0.4) is 0 Å². The third-order valence-electron chi connectivity index (χ3n) is 6.04. The predicted molar refractivity (Wildman–Crippen MR) is 123 cm³/mol. The minimum atomic E-state index is -0.486. The van der Waals surface area contributed by atoms with Crippen molar-refractivity contribution in [3.63, 3.8) is 0 Å². The highest BCUT2D eigenvalue weighted by molar-refractivity contribution is 5.88. The van der Waals surface area contributed by atoms with Crippen LogP contribution < -0.4 is 10.1 Å². The maximum absolute atomic E-state index is 13.4. The molecule has 1 fully saturated rings. The van der Waals surface area contributed by atoms with E-state index in [1.165, 1.54) is 0 Å². The first-order valence-corrected chi connectivity index (χ1v) is 11.3. The van der Waals surface area contributed by atoms with Crippen molar-refractivity contribution in [1.29, 1.82) is 0 Å². The molecule has 2 aromatic carbocycles. The molecular weight excluding hydrogens is 388 g/mol. The lowest BCUT2D eigenvalue weighted by molar-refractivity contribution is -0.141. The molecular formula is C26H34N2O3. The van der Waals surface area contributed by atoms with Gasteiger partial charge in [0.25, 0.3) is 0 Å². The lowest BCUT2D eigenvalue weighted by Gasteiger charge is -2.31. The summed E-state index contributed by atoms with van der Waals surface area (Å²) in [4.78, 5) is 28.3. The van der Waals surface area contributed by atoms with Gasteiger partial charge in [-0.1, -0.05) is 61.7 Å². The Morgan fingerprint density at radius 3 is 2.42 bits per heavy atom. The molecule has 1 atom stereocenters. The first kappa shape index (κ1) is 22.9. The minimum Gasteiger partial charge on any atom is -0.497 e. The van der Waals surface area contributed by atoms with Gasteiger partial charge in [0.05, 0.1) is 13.5 Å². The van der Waals surface area contributed by atoms with E-state index in [0.717, 1.165) is 48.1 Å². The molecule has 0 spiro atoms. The Balaban J connectivity index is 1.81. The average molecular weight is 423 g/mol. The van der Waals surface area contributed by atoms with Crippen molar-refractivity contribution >= 4 is 11.8 Å². The van der Waals surface area contributed by atoms with Crippen molar-refractivity contribution < 1.29 is 14.3 Å². The second-order valence-electron chi connectivity index (χ2n) is 8.45. The van der Waals surface area contributed by atoms with Crippen molar-refractivity contribution in [3.8, 4) is 5.75 Å². The van der Waals surface area contributed by atoms with E-state index in [9.17, 15) is 9.59 Å². The normalized spacial score (nSPS) is 14.8. The maximum Gasteiger partial charge on any atom is 0.243 e. The lowest BCUT2D eigenvalue weighted by Crippen LogP contribution is -2.51. The van der Waals surface area contributed by atoms with Crippen molar-refractivity contribution in [3.05, 3.63) is 65.2 Å². The van der Waals surface area contributed by atoms with Crippen molar-refractivity contribution in [2.24, 2.45) is 0 Å². The number of ether oxygens (including phenoxy) is 1. The molecule has 31 heavy (non-hydrogen) atoms. The Hall–Kier alpha value is -2.82. The molecule has 0 radical (unpaired) electrons. The molecule has 2 aromatic rings. The fourth-order valence-corrected chi connectivity index (χ4v) is 4.31. The average Bonchev–Trinajstić information content (AvgIpc) is 3.27. The van der Waals surface area contributed by atoms with Gasteiger partial charge < -0.3 is 15.0 Å². The van der Waals surface area contributed by atoms with E-state index in [2.05, 4.69) is 5.32 Å². The number of nitrogens with zero attached hydrogens (tertiary/aromatic N) is 1. The molecule has 0 aromatic heterocycles. The van der Waals surface area contributed by atoms with E-state index in [0.29, 0.717) is 13.0 Å². The van der Waals surface area contributed by atoms with Gasteiger partial charge in [-0.3, -0.25) is 9.59 Å². The van der Waals surface area contributed by atoms with Gasteiger partial charge in [0.2, 0.25) is 11.8 Å². The van der Waals surface area contributed by atoms with E-state index in [-0.39, 0.29) is 24.3 Å². The number of amides is 2. The van der Waals surface area contributed by atoms with Crippen LogP contribution in [0.5, 0.6) is 5.75 Å². The van der Waals surface area contributed by atoms with Crippen LogP contribution in [0.2, 0.25) is 0 Å². The number of nitrogens with one attached hydrogen (secondary N) is 1. The lowest BCUT2D eigenvalue weighted by atomic mass is 10.0. The molecule has 1 N–H and O–H groups in total. The van der Waals surface area contributed by atoms with Crippen molar-refractivity contribution in [2.75, 3.05) is 7.11 Å². The first-order chi connectivity index (χ1) is 15.0. The minimum absolute atomic E-state index is 0.0326. The Bertz CT molecular complexity index is 872. The third-order valence-corrected chi connectivity index (χ3v) is 6.04. The van der Waals surface area contributed by atoms with Crippen molar-refractivity contribution in [2.45, 2.75) is 71.0 Å². The number of aryl methyl sites for hydroxylation is 1. The molecule has 2 amide bonds. The first-order valence-electron chi connectivity index (χ1n) is 11.3. The number of carbonyl (C=O) groups excluding carboxylic acids is 2. The zero-order valence-corrected chi connectivity index (χ0v) is 18.9. The Morgan fingerprint density at radius 1 is 1.10 bits per heavy atom. The number of rotatable bonds is 9. The maximum atomic E-state index is 13.4. The molecule has 0 unspecified atom stereocenters. The van der Waals surface area contributed by atoms with E-state index in [1.807, 2.05) is 62.4 Å². The summed E-state index contributed by atoms with van der Waals surface area (Å²) in [6.07, 6.45) is 5.22. The molecule has 0 bridgehead atoms. The largest absolute Gasteiger partial charge is 0.497 e. The molecule has 3 rings (SSSR count).